The van der Waals surface area contributed by atoms with Crippen LogP contribution in [0.1, 0.15) is 26.7 Å². The molecule has 0 unspecified atom stereocenters. The van der Waals surface area contributed by atoms with Crippen molar-refractivity contribution in [2.45, 2.75) is 26.7 Å². The monoisotopic (exact) mass is 177 g/mol. The summed E-state index contributed by atoms with van der Waals surface area (Å²) in [6.45, 7) is 4.78. The fourth-order valence-electron chi connectivity index (χ4n) is 1.16. The topological polar surface area (TPSA) is 43.1 Å². The molecule has 0 aromatic rings. The third kappa shape index (κ3) is 6.32. The van der Waals surface area contributed by atoms with Crippen LogP contribution in [0.3, 0.4) is 0 Å². The summed E-state index contributed by atoms with van der Waals surface area (Å²) in [5.74, 6) is 0.847. The fraction of sp³-hybridized carbons (Fsp3) is 0.875. The van der Waals surface area contributed by atoms with Crippen molar-refractivity contribution in [3.05, 3.63) is 0 Å². The van der Waals surface area contributed by atoms with Crippen LogP contribution in [0.5, 0.6) is 0 Å². The molecule has 0 aromatic carbocycles. The Kier molecular flexibility index (Phi) is 5.51. The van der Waals surface area contributed by atoms with Crippen molar-refractivity contribution in [2.75, 3.05) is 6.54 Å². The van der Waals surface area contributed by atoms with E-state index in [4.69, 9.17) is 17.3 Å². The normalized spacial score (nSPS) is 13.5. The van der Waals surface area contributed by atoms with Gasteiger partial charge in [0.1, 0.15) is 0 Å². The molecule has 3 heteroatoms. The molecule has 0 amide bonds. The van der Waals surface area contributed by atoms with Crippen LogP contribution in [-0.4, -0.2) is 11.8 Å². The minimum absolute atomic E-state index is 0.264. The molecule has 0 aromatic heterocycles. The van der Waals surface area contributed by atoms with Crippen molar-refractivity contribution in [3.63, 3.8) is 0 Å². The van der Waals surface area contributed by atoms with Gasteiger partial charge in [0.25, 0.3) is 0 Å². The molecule has 0 aliphatic carbocycles. The van der Waals surface area contributed by atoms with E-state index in [9.17, 15) is 4.79 Å². The van der Waals surface area contributed by atoms with Crippen molar-refractivity contribution in [1.29, 1.82) is 0 Å². The smallest absolute Gasteiger partial charge is 0.221 e. The molecule has 0 aliphatic heterocycles. The molecule has 0 fully saturated rings. The van der Waals surface area contributed by atoms with E-state index in [0.717, 1.165) is 6.42 Å². The quantitative estimate of drug-likeness (QED) is 0.651. The van der Waals surface area contributed by atoms with E-state index in [1.165, 1.54) is 0 Å². The van der Waals surface area contributed by atoms with Gasteiger partial charge in [-0.3, -0.25) is 4.79 Å². The van der Waals surface area contributed by atoms with Crippen LogP contribution in [-0.2, 0) is 4.79 Å². The van der Waals surface area contributed by atoms with Crippen LogP contribution in [0, 0.1) is 11.8 Å². The second-order valence-corrected chi connectivity index (χ2v) is 3.71. The van der Waals surface area contributed by atoms with E-state index in [-0.39, 0.29) is 11.2 Å². The van der Waals surface area contributed by atoms with E-state index in [0.29, 0.717) is 18.9 Å². The zero-order chi connectivity index (χ0) is 8.85. The first kappa shape index (κ1) is 10.9. The zero-order valence-corrected chi connectivity index (χ0v) is 7.90. The van der Waals surface area contributed by atoms with Crippen LogP contribution in [0.4, 0.5) is 0 Å². The first-order valence-corrected chi connectivity index (χ1v) is 4.32. The van der Waals surface area contributed by atoms with Gasteiger partial charge in [0, 0.05) is 6.42 Å². The van der Waals surface area contributed by atoms with Gasteiger partial charge < -0.3 is 5.73 Å². The predicted molar refractivity (Wildman–Crippen MR) is 47.5 cm³/mol. The molecule has 0 spiro atoms. The van der Waals surface area contributed by atoms with Gasteiger partial charge in [-0.15, -0.1) is 0 Å². The third-order valence-electron chi connectivity index (χ3n) is 1.59. The number of nitrogens with two attached hydrogens (primary N) is 1. The van der Waals surface area contributed by atoms with Crippen LogP contribution in [0.15, 0.2) is 0 Å². The Balaban J connectivity index is 3.66. The molecule has 11 heavy (non-hydrogen) atoms. The Morgan fingerprint density at radius 2 is 2.09 bits per heavy atom. The van der Waals surface area contributed by atoms with Gasteiger partial charge in [-0.2, -0.15) is 0 Å². The Morgan fingerprint density at radius 1 is 1.55 bits per heavy atom. The van der Waals surface area contributed by atoms with E-state index >= 15 is 0 Å². The van der Waals surface area contributed by atoms with Crippen molar-refractivity contribution in [2.24, 2.45) is 17.6 Å². The van der Waals surface area contributed by atoms with Crippen LogP contribution >= 0.6 is 11.6 Å². The molecule has 0 bridgehead atoms. The number of rotatable bonds is 5. The van der Waals surface area contributed by atoms with E-state index in [1.807, 2.05) is 0 Å². The van der Waals surface area contributed by atoms with Crippen LogP contribution in [0.2, 0.25) is 0 Å². The minimum atomic E-state index is -0.277. The van der Waals surface area contributed by atoms with Gasteiger partial charge in [-0.25, -0.2) is 0 Å². The van der Waals surface area contributed by atoms with Gasteiger partial charge in [-0.1, -0.05) is 13.8 Å². The van der Waals surface area contributed by atoms with Gasteiger partial charge in [0.15, 0.2) is 0 Å². The zero-order valence-electron chi connectivity index (χ0n) is 7.14. The molecular weight excluding hydrogens is 162 g/mol. The maximum absolute atomic E-state index is 10.5. The molecule has 0 rings (SSSR count). The summed E-state index contributed by atoms with van der Waals surface area (Å²) in [5.41, 5.74) is 5.46. The maximum Gasteiger partial charge on any atom is 0.221 e. The number of carbonyl (C=O) groups excluding carboxylic acids is 1. The highest BCUT2D eigenvalue weighted by molar-refractivity contribution is 6.63. The lowest BCUT2D eigenvalue weighted by Gasteiger charge is -2.13. The standard InChI is InChI=1S/C8H16ClNO/c1-6(2)3-7(5-10)4-8(9)11/h6-7H,3-5,10H2,1-2H3/t7-/m0/s1. The van der Waals surface area contributed by atoms with Crippen LogP contribution in [0.25, 0.3) is 0 Å². The molecule has 0 saturated carbocycles. The Labute approximate surface area is 73.1 Å². The maximum atomic E-state index is 10.5. The highest BCUT2D eigenvalue weighted by Gasteiger charge is 2.11. The SMILES string of the molecule is CC(C)C[C@H](CN)CC(=O)Cl. The predicted octanol–water partition coefficient (Wildman–Crippen LogP) is 1.76. The number of carbonyl (C=O) groups is 1. The molecule has 0 heterocycles. The van der Waals surface area contributed by atoms with Gasteiger partial charge in [0.2, 0.25) is 5.24 Å². The van der Waals surface area contributed by atoms with Crippen LogP contribution < -0.4 is 5.73 Å². The minimum Gasteiger partial charge on any atom is -0.330 e. The summed E-state index contributed by atoms with van der Waals surface area (Å²) < 4.78 is 0. The molecule has 0 saturated heterocycles. The molecule has 2 N–H and O–H groups in total. The highest BCUT2D eigenvalue weighted by atomic mass is 35.5. The second-order valence-electron chi connectivity index (χ2n) is 3.29. The first-order chi connectivity index (χ1) is 5.06. The highest BCUT2D eigenvalue weighted by Crippen LogP contribution is 2.15. The van der Waals surface area contributed by atoms with Gasteiger partial charge in [-0.05, 0) is 36.4 Å². The summed E-state index contributed by atoms with van der Waals surface area (Å²) >= 11 is 5.24. The Bertz CT molecular complexity index is 125. The summed E-state index contributed by atoms with van der Waals surface area (Å²) in [4.78, 5) is 10.5. The average molecular weight is 178 g/mol. The van der Waals surface area contributed by atoms with Crippen molar-refractivity contribution in [1.82, 2.24) is 0 Å². The Hall–Kier alpha value is -0.0800. The average Bonchev–Trinajstić information content (AvgIpc) is 1.84. The number of hydrogen-bond donors (Lipinski definition) is 1. The molecule has 2 nitrogen and oxygen atoms in total. The number of hydrogen-bond acceptors (Lipinski definition) is 2. The van der Waals surface area contributed by atoms with Crippen molar-refractivity contribution >= 4 is 16.8 Å². The lowest BCUT2D eigenvalue weighted by Crippen LogP contribution is -2.18. The van der Waals surface area contributed by atoms with E-state index in [1.54, 1.807) is 0 Å². The molecule has 66 valence electrons. The molecule has 0 aliphatic rings. The van der Waals surface area contributed by atoms with Gasteiger partial charge in [0.05, 0.1) is 0 Å². The molecule has 1 atom stereocenters. The van der Waals surface area contributed by atoms with E-state index in [2.05, 4.69) is 13.8 Å². The largest absolute Gasteiger partial charge is 0.330 e. The Morgan fingerprint density at radius 3 is 2.36 bits per heavy atom. The first-order valence-electron chi connectivity index (χ1n) is 3.94. The second kappa shape index (κ2) is 5.56. The summed E-state index contributed by atoms with van der Waals surface area (Å²) in [7, 11) is 0. The molecular formula is C8H16ClNO. The molecule has 0 radical (unpaired) electrons. The van der Waals surface area contributed by atoms with Gasteiger partial charge >= 0.3 is 0 Å². The summed E-state index contributed by atoms with van der Waals surface area (Å²) in [5, 5.41) is -0.277. The summed E-state index contributed by atoms with van der Waals surface area (Å²) in [6.07, 6.45) is 1.39. The van der Waals surface area contributed by atoms with E-state index < -0.39 is 0 Å². The number of halogens is 1. The van der Waals surface area contributed by atoms with Crippen molar-refractivity contribution in [3.8, 4) is 0 Å². The van der Waals surface area contributed by atoms with Crippen molar-refractivity contribution < 1.29 is 4.79 Å². The lowest BCUT2D eigenvalue weighted by atomic mass is 9.95. The fourth-order valence-corrected chi connectivity index (χ4v) is 1.37. The third-order valence-corrected chi connectivity index (χ3v) is 1.74. The summed E-state index contributed by atoms with van der Waals surface area (Å²) in [6, 6.07) is 0. The lowest BCUT2D eigenvalue weighted by molar-refractivity contribution is -0.112.